The molecule has 1 aliphatic rings. The molecule has 1 aromatic carbocycles. The van der Waals surface area contributed by atoms with Gasteiger partial charge in [-0.05, 0) is 30.9 Å². The molecule has 21 heavy (non-hydrogen) atoms. The molecular formula is C17H25NO2S. The molecule has 2 rings (SSSR count). The Balaban J connectivity index is 1.93. The van der Waals surface area contributed by atoms with Gasteiger partial charge in [-0.2, -0.15) is 0 Å². The van der Waals surface area contributed by atoms with Crippen molar-refractivity contribution < 1.29 is 9.00 Å². The van der Waals surface area contributed by atoms with Crippen LogP contribution in [-0.4, -0.2) is 22.9 Å². The maximum absolute atomic E-state index is 12.3. The second kappa shape index (κ2) is 8.32. The first kappa shape index (κ1) is 16.2. The second-order valence-corrected chi connectivity index (χ2v) is 7.22. The van der Waals surface area contributed by atoms with Crippen molar-refractivity contribution >= 4 is 16.7 Å². The Morgan fingerprint density at radius 2 is 1.76 bits per heavy atom. The number of hydrogen-bond acceptors (Lipinski definition) is 2. The number of carbonyl (C=O) groups excluding carboxylic acids is 1. The van der Waals surface area contributed by atoms with Gasteiger partial charge in [-0.3, -0.25) is 9.00 Å². The van der Waals surface area contributed by atoms with E-state index in [1.165, 1.54) is 44.9 Å². The molecular weight excluding hydrogens is 282 g/mol. The van der Waals surface area contributed by atoms with Crippen molar-refractivity contribution in [1.29, 1.82) is 0 Å². The fourth-order valence-corrected chi connectivity index (χ4v) is 3.72. The summed E-state index contributed by atoms with van der Waals surface area (Å²) >= 11 is 0. The van der Waals surface area contributed by atoms with Crippen LogP contribution in [0.4, 0.5) is 0 Å². The molecule has 0 aromatic heterocycles. The summed E-state index contributed by atoms with van der Waals surface area (Å²) in [4.78, 5) is 12.9. The van der Waals surface area contributed by atoms with Crippen LogP contribution in [0.15, 0.2) is 29.2 Å². The van der Waals surface area contributed by atoms with Crippen molar-refractivity contribution in [2.75, 3.05) is 12.8 Å². The first-order chi connectivity index (χ1) is 10.2. The van der Waals surface area contributed by atoms with Crippen LogP contribution in [-0.2, 0) is 10.8 Å². The highest BCUT2D eigenvalue weighted by atomic mass is 32.2. The average molecular weight is 307 g/mol. The van der Waals surface area contributed by atoms with Gasteiger partial charge in [-0.1, -0.05) is 44.2 Å². The predicted molar refractivity (Wildman–Crippen MR) is 86.9 cm³/mol. The molecule has 0 aliphatic heterocycles. The molecule has 0 saturated heterocycles. The Labute approximate surface area is 130 Å². The van der Waals surface area contributed by atoms with Crippen molar-refractivity contribution in [2.45, 2.75) is 49.8 Å². The van der Waals surface area contributed by atoms with Gasteiger partial charge in [0.05, 0.1) is 21.3 Å². The molecule has 1 atom stereocenters. The van der Waals surface area contributed by atoms with Crippen molar-refractivity contribution in [1.82, 2.24) is 5.32 Å². The summed E-state index contributed by atoms with van der Waals surface area (Å²) in [5.41, 5.74) is 0.546. The molecule has 0 heterocycles. The van der Waals surface area contributed by atoms with Crippen LogP contribution in [0.2, 0.25) is 0 Å². The van der Waals surface area contributed by atoms with Crippen LogP contribution in [0.5, 0.6) is 0 Å². The fraction of sp³-hybridized carbons (Fsp3) is 0.588. The maximum Gasteiger partial charge on any atom is 0.252 e. The summed E-state index contributed by atoms with van der Waals surface area (Å²) < 4.78 is 11.7. The van der Waals surface area contributed by atoms with Crippen molar-refractivity contribution in [3.8, 4) is 0 Å². The molecule has 1 unspecified atom stereocenters. The lowest BCUT2D eigenvalue weighted by molar-refractivity contribution is 0.0941. The summed E-state index contributed by atoms with van der Waals surface area (Å²) in [7, 11) is -1.14. The molecule has 3 nitrogen and oxygen atoms in total. The van der Waals surface area contributed by atoms with Crippen LogP contribution in [0.25, 0.3) is 0 Å². The van der Waals surface area contributed by atoms with E-state index in [0.717, 1.165) is 6.54 Å². The van der Waals surface area contributed by atoms with E-state index in [1.54, 1.807) is 18.4 Å². The van der Waals surface area contributed by atoms with Crippen LogP contribution in [0, 0.1) is 5.92 Å². The van der Waals surface area contributed by atoms with Gasteiger partial charge in [0.25, 0.3) is 5.91 Å². The Morgan fingerprint density at radius 3 is 2.43 bits per heavy atom. The number of carbonyl (C=O) groups is 1. The SMILES string of the molecule is CS(=O)c1ccccc1C(=O)NCC1CCCCCCC1. The summed E-state index contributed by atoms with van der Waals surface area (Å²) in [5.74, 6) is 0.497. The van der Waals surface area contributed by atoms with Crippen LogP contribution in [0.1, 0.15) is 55.3 Å². The topological polar surface area (TPSA) is 46.2 Å². The summed E-state index contributed by atoms with van der Waals surface area (Å²) in [5, 5.41) is 3.04. The molecule has 1 fully saturated rings. The third-order valence-electron chi connectivity index (χ3n) is 4.22. The van der Waals surface area contributed by atoms with E-state index in [0.29, 0.717) is 16.4 Å². The quantitative estimate of drug-likeness (QED) is 0.925. The zero-order valence-electron chi connectivity index (χ0n) is 12.8. The molecule has 0 bridgehead atoms. The summed E-state index contributed by atoms with van der Waals surface area (Å²) in [6, 6.07) is 7.16. The highest BCUT2D eigenvalue weighted by Gasteiger charge is 2.16. The number of nitrogens with one attached hydrogen (secondary N) is 1. The van der Waals surface area contributed by atoms with Gasteiger partial charge >= 0.3 is 0 Å². The lowest BCUT2D eigenvalue weighted by atomic mass is 9.91. The molecule has 1 aliphatic carbocycles. The molecule has 0 spiro atoms. The summed E-state index contributed by atoms with van der Waals surface area (Å²) in [6.07, 6.45) is 10.6. The van der Waals surface area contributed by atoms with E-state index in [-0.39, 0.29) is 5.91 Å². The zero-order chi connectivity index (χ0) is 15.1. The molecule has 1 aromatic rings. The minimum atomic E-state index is -1.14. The minimum absolute atomic E-state index is 0.0946. The van der Waals surface area contributed by atoms with E-state index in [4.69, 9.17) is 0 Å². The van der Waals surface area contributed by atoms with E-state index >= 15 is 0 Å². The minimum Gasteiger partial charge on any atom is -0.352 e. The van der Waals surface area contributed by atoms with Gasteiger partial charge in [0.2, 0.25) is 0 Å². The molecule has 1 saturated carbocycles. The number of amides is 1. The number of rotatable bonds is 4. The van der Waals surface area contributed by atoms with Gasteiger partial charge in [0.1, 0.15) is 0 Å². The Morgan fingerprint density at radius 1 is 1.14 bits per heavy atom. The van der Waals surface area contributed by atoms with Crippen LogP contribution < -0.4 is 5.32 Å². The van der Waals surface area contributed by atoms with Crippen molar-refractivity contribution in [3.05, 3.63) is 29.8 Å². The van der Waals surface area contributed by atoms with Crippen molar-refractivity contribution in [2.24, 2.45) is 5.92 Å². The van der Waals surface area contributed by atoms with Gasteiger partial charge in [0, 0.05) is 12.8 Å². The molecule has 0 radical (unpaired) electrons. The molecule has 1 N–H and O–H groups in total. The van der Waals surface area contributed by atoms with Crippen molar-refractivity contribution in [3.63, 3.8) is 0 Å². The Bertz CT molecular complexity index is 493. The average Bonchev–Trinajstić information content (AvgIpc) is 2.45. The standard InChI is InChI=1S/C17H25NO2S/c1-21(20)16-12-8-7-11-15(16)17(19)18-13-14-9-5-3-2-4-6-10-14/h7-8,11-12,14H,2-6,9-10,13H2,1H3,(H,18,19). The predicted octanol–water partition coefficient (Wildman–Crippen LogP) is 3.51. The third-order valence-corrected chi connectivity index (χ3v) is 5.19. The van der Waals surface area contributed by atoms with E-state index in [1.807, 2.05) is 12.1 Å². The highest BCUT2D eigenvalue weighted by molar-refractivity contribution is 7.84. The molecule has 4 heteroatoms. The van der Waals surface area contributed by atoms with Gasteiger partial charge in [0.15, 0.2) is 0 Å². The van der Waals surface area contributed by atoms with Crippen LogP contribution in [0.3, 0.4) is 0 Å². The lowest BCUT2D eigenvalue weighted by Crippen LogP contribution is -2.30. The highest BCUT2D eigenvalue weighted by Crippen LogP contribution is 2.22. The van der Waals surface area contributed by atoms with Gasteiger partial charge in [-0.25, -0.2) is 0 Å². The van der Waals surface area contributed by atoms with E-state index in [2.05, 4.69) is 5.32 Å². The van der Waals surface area contributed by atoms with Gasteiger partial charge < -0.3 is 5.32 Å². The van der Waals surface area contributed by atoms with Crippen LogP contribution >= 0.6 is 0 Å². The molecule has 116 valence electrons. The Kier molecular flexibility index (Phi) is 6.43. The zero-order valence-corrected chi connectivity index (χ0v) is 13.6. The first-order valence-electron chi connectivity index (χ1n) is 7.89. The smallest absolute Gasteiger partial charge is 0.252 e. The number of hydrogen-bond donors (Lipinski definition) is 1. The largest absolute Gasteiger partial charge is 0.352 e. The van der Waals surface area contributed by atoms with Gasteiger partial charge in [-0.15, -0.1) is 0 Å². The summed E-state index contributed by atoms with van der Waals surface area (Å²) in [6.45, 7) is 0.740. The fourth-order valence-electron chi connectivity index (χ4n) is 2.98. The maximum atomic E-state index is 12.3. The second-order valence-electron chi connectivity index (χ2n) is 5.87. The van der Waals surface area contributed by atoms with E-state index in [9.17, 15) is 9.00 Å². The third kappa shape index (κ3) is 4.95. The normalized spacial score (nSPS) is 18.5. The lowest BCUT2D eigenvalue weighted by Gasteiger charge is -2.20. The molecule has 1 amide bonds. The monoisotopic (exact) mass is 307 g/mol. The Hall–Kier alpha value is -1.16. The van der Waals surface area contributed by atoms with E-state index < -0.39 is 10.8 Å². The first-order valence-corrected chi connectivity index (χ1v) is 9.45. The number of benzene rings is 1.